The first-order chi connectivity index (χ1) is 21.0. The van der Waals surface area contributed by atoms with Crippen LogP contribution in [0.25, 0.3) is 10.9 Å². The number of carbonyl (C=O) groups excluding carboxylic acids is 3. The number of aromatic amines is 1. The minimum Gasteiger partial charge on any atom is -0.492 e. The molecular formula is C33H44FN5O5. The number of hydrogen-bond acceptors (Lipinski definition) is 6. The molecule has 3 aromatic rings. The van der Waals surface area contributed by atoms with Crippen LogP contribution in [0.2, 0.25) is 0 Å². The highest BCUT2D eigenvalue weighted by molar-refractivity contribution is 5.94. The van der Waals surface area contributed by atoms with Gasteiger partial charge in [0.2, 0.25) is 17.7 Å². The van der Waals surface area contributed by atoms with Crippen molar-refractivity contribution >= 4 is 28.6 Å². The highest BCUT2D eigenvalue weighted by Gasteiger charge is 2.37. The zero-order valence-electron chi connectivity index (χ0n) is 26.0. The topological polar surface area (TPSA) is 136 Å². The lowest BCUT2D eigenvalue weighted by molar-refractivity contribution is -0.145. The largest absolute Gasteiger partial charge is 0.492 e. The van der Waals surface area contributed by atoms with Gasteiger partial charge in [-0.1, -0.05) is 38.1 Å². The van der Waals surface area contributed by atoms with Crippen LogP contribution in [0.4, 0.5) is 4.39 Å². The minimum atomic E-state index is -1.24. The van der Waals surface area contributed by atoms with Crippen LogP contribution in [0.15, 0.2) is 48.7 Å². The number of H-pyrrole nitrogens is 1. The number of nitrogens with zero attached hydrogens (tertiary/aromatic N) is 1. The number of amides is 3. The third-order valence-electron chi connectivity index (χ3n) is 8.14. The zero-order valence-corrected chi connectivity index (χ0v) is 26.0. The van der Waals surface area contributed by atoms with E-state index in [1.54, 1.807) is 6.07 Å². The summed E-state index contributed by atoms with van der Waals surface area (Å²) in [6, 6.07) is 8.88. The third kappa shape index (κ3) is 7.95. The number of para-hydroxylation sites is 1. The first-order valence-electron chi connectivity index (χ1n) is 15.2. The number of carbonyl (C=O) groups is 3. The lowest BCUT2D eigenvalue weighted by atomic mass is 9.99. The molecule has 0 aliphatic carbocycles. The van der Waals surface area contributed by atoms with Gasteiger partial charge in [0.05, 0.1) is 12.1 Å². The number of aryl methyl sites for hydroxylation is 1. The summed E-state index contributed by atoms with van der Waals surface area (Å²) in [6.07, 6.45) is 1.85. The van der Waals surface area contributed by atoms with E-state index in [-0.39, 0.29) is 30.9 Å². The van der Waals surface area contributed by atoms with Gasteiger partial charge in [0.15, 0.2) is 0 Å². The van der Waals surface area contributed by atoms with Crippen molar-refractivity contribution in [2.24, 2.45) is 5.92 Å². The van der Waals surface area contributed by atoms with Gasteiger partial charge in [-0.2, -0.15) is 0 Å². The van der Waals surface area contributed by atoms with Crippen molar-refractivity contribution in [1.29, 1.82) is 0 Å². The van der Waals surface area contributed by atoms with E-state index in [9.17, 15) is 23.9 Å². The number of likely N-dealkylation sites (N-methyl/N-ethyl adjacent to an activating group) is 1. The number of fused-ring (bicyclic) bond motifs is 2. The van der Waals surface area contributed by atoms with Gasteiger partial charge < -0.3 is 35.7 Å². The van der Waals surface area contributed by atoms with Gasteiger partial charge in [0.1, 0.15) is 30.3 Å². The van der Waals surface area contributed by atoms with E-state index in [4.69, 9.17) is 4.74 Å². The SMILES string of the molecule is CC1CCc2ccc(F)cc2OCCNC(C(C)C)C(=O)N(C)C(C(C)O)C(=O)NC(Cc2c[nH]c3ccccc23)C(=O)N1. The van der Waals surface area contributed by atoms with Crippen molar-refractivity contribution < 1.29 is 28.6 Å². The fraction of sp³-hybridized carbons (Fsp3) is 0.485. The minimum absolute atomic E-state index is 0.153. The number of ether oxygens (including phenoxy) is 1. The Morgan fingerprint density at radius 1 is 1.07 bits per heavy atom. The Labute approximate surface area is 257 Å². The maximum absolute atomic E-state index is 14.1. The predicted molar refractivity (Wildman–Crippen MR) is 167 cm³/mol. The molecule has 1 aliphatic heterocycles. The molecule has 11 heteroatoms. The Hall–Kier alpha value is -3.96. The second-order valence-corrected chi connectivity index (χ2v) is 12.0. The van der Waals surface area contributed by atoms with Crippen molar-refractivity contribution in [1.82, 2.24) is 25.8 Å². The van der Waals surface area contributed by atoms with Gasteiger partial charge in [-0.05, 0) is 55.9 Å². The number of aliphatic hydroxyl groups excluding tert-OH is 1. The van der Waals surface area contributed by atoms with Gasteiger partial charge in [-0.15, -0.1) is 0 Å². The molecule has 1 aromatic heterocycles. The maximum atomic E-state index is 14.1. The van der Waals surface area contributed by atoms with Crippen molar-refractivity contribution in [2.75, 3.05) is 20.2 Å². The van der Waals surface area contributed by atoms with Crippen molar-refractivity contribution in [3.8, 4) is 5.75 Å². The molecule has 3 amide bonds. The number of aliphatic hydroxyl groups is 1. The number of hydrogen-bond donors (Lipinski definition) is 5. The summed E-state index contributed by atoms with van der Waals surface area (Å²) in [4.78, 5) is 45.6. The zero-order chi connectivity index (χ0) is 32.0. The highest BCUT2D eigenvalue weighted by Crippen LogP contribution is 2.23. The molecule has 0 fully saturated rings. The number of benzene rings is 2. The van der Waals surface area contributed by atoms with Crippen LogP contribution in [0.3, 0.4) is 0 Å². The Morgan fingerprint density at radius 2 is 1.82 bits per heavy atom. The number of nitrogens with one attached hydrogen (secondary N) is 4. The van der Waals surface area contributed by atoms with Crippen LogP contribution in [0, 0.1) is 11.7 Å². The summed E-state index contributed by atoms with van der Waals surface area (Å²) in [6.45, 7) is 7.54. The fourth-order valence-corrected chi connectivity index (χ4v) is 5.70. The molecule has 10 nitrogen and oxygen atoms in total. The van der Waals surface area contributed by atoms with E-state index in [2.05, 4.69) is 20.9 Å². The lowest BCUT2D eigenvalue weighted by Gasteiger charge is -2.34. The van der Waals surface area contributed by atoms with Crippen molar-refractivity contribution in [3.63, 3.8) is 0 Å². The average Bonchev–Trinajstić information content (AvgIpc) is 3.37. The summed E-state index contributed by atoms with van der Waals surface area (Å²) in [5.41, 5.74) is 2.54. The van der Waals surface area contributed by atoms with Crippen LogP contribution < -0.4 is 20.7 Å². The molecule has 0 radical (unpaired) electrons. The summed E-state index contributed by atoms with van der Waals surface area (Å²) >= 11 is 0. The summed E-state index contributed by atoms with van der Waals surface area (Å²) in [7, 11) is 1.47. The fourth-order valence-electron chi connectivity index (χ4n) is 5.70. The summed E-state index contributed by atoms with van der Waals surface area (Å²) in [5.74, 6) is -1.58. The number of halogens is 1. The van der Waals surface area contributed by atoms with Crippen LogP contribution in [-0.2, 0) is 27.2 Å². The molecule has 0 saturated carbocycles. The first kappa shape index (κ1) is 32.9. The monoisotopic (exact) mass is 609 g/mol. The van der Waals surface area contributed by atoms with Gasteiger partial charge in [-0.25, -0.2) is 4.39 Å². The predicted octanol–water partition coefficient (Wildman–Crippen LogP) is 2.69. The van der Waals surface area contributed by atoms with Gasteiger partial charge in [0, 0.05) is 49.2 Å². The van der Waals surface area contributed by atoms with Crippen LogP contribution in [0.5, 0.6) is 5.75 Å². The van der Waals surface area contributed by atoms with Crippen molar-refractivity contribution in [3.05, 3.63) is 65.6 Å². The molecule has 238 valence electrons. The van der Waals surface area contributed by atoms with Gasteiger partial charge in [-0.3, -0.25) is 14.4 Å². The van der Waals surface area contributed by atoms with E-state index < -0.39 is 41.9 Å². The van der Waals surface area contributed by atoms with E-state index >= 15 is 0 Å². The third-order valence-corrected chi connectivity index (χ3v) is 8.14. The Kier molecular flexibility index (Phi) is 11.0. The van der Waals surface area contributed by atoms with Crippen molar-refractivity contribution in [2.45, 2.75) is 77.2 Å². The molecule has 44 heavy (non-hydrogen) atoms. The Bertz CT molecular complexity index is 1460. The van der Waals surface area contributed by atoms with E-state index in [1.807, 2.05) is 51.2 Å². The molecular weight excluding hydrogens is 565 g/mol. The second kappa shape index (κ2) is 14.7. The van der Waals surface area contributed by atoms with Crippen LogP contribution in [0.1, 0.15) is 45.2 Å². The Morgan fingerprint density at radius 3 is 2.55 bits per heavy atom. The highest BCUT2D eigenvalue weighted by atomic mass is 19.1. The Balaban J connectivity index is 1.68. The molecule has 0 spiro atoms. The summed E-state index contributed by atoms with van der Waals surface area (Å²) < 4.78 is 20.0. The number of rotatable bonds is 4. The van der Waals surface area contributed by atoms with Crippen LogP contribution in [-0.4, -0.2) is 83.2 Å². The number of aromatic nitrogens is 1. The van der Waals surface area contributed by atoms with E-state index in [0.717, 1.165) is 22.0 Å². The average molecular weight is 610 g/mol. The molecule has 1 aliphatic rings. The van der Waals surface area contributed by atoms with E-state index in [0.29, 0.717) is 25.1 Å². The van der Waals surface area contributed by atoms with Crippen LogP contribution >= 0.6 is 0 Å². The first-order valence-corrected chi connectivity index (χ1v) is 15.2. The molecule has 5 N–H and O–H groups in total. The van der Waals surface area contributed by atoms with E-state index in [1.165, 1.54) is 31.0 Å². The molecule has 0 saturated heterocycles. The molecule has 5 unspecified atom stereocenters. The molecule has 2 aromatic carbocycles. The molecule has 2 heterocycles. The normalized spacial score (nSPS) is 23.7. The summed E-state index contributed by atoms with van der Waals surface area (Å²) in [5, 5.41) is 20.7. The quantitative estimate of drug-likeness (QED) is 0.309. The molecule has 4 rings (SSSR count). The van der Waals surface area contributed by atoms with Gasteiger partial charge >= 0.3 is 0 Å². The lowest BCUT2D eigenvalue weighted by Crippen LogP contribution is -2.61. The smallest absolute Gasteiger partial charge is 0.246 e. The van der Waals surface area contributed by atoms with Gasteiger partial charge in [0.25, 0.3) is 0 Å². The molecule has 5 atom stereocenters. The second-order valence-electron chi connectivity index (χ2n) is 12.0. The standard InChI is InChI=1S/C33H44FN5O5/c1-19(2)29-33(43)39(5)30(21(4)40)32(42)38-27(16-23-18-36-26-9-7-6-8-25(23)26)31(41)37-20(3)10-11-22-12-13-24(34)17-28(22)44-15-14-35-29/h6-9,12-13,17-21,27,29-30,35-36,40H,10-11,14-16H2,1-5H3,(H,37,41)(H,38,42). The molecule has 0 bridgehead atoms. The maximum Gasteiger partial charge on any atom is 0.246 e.